The van der Waals surface area contributed by atoms with Gasteiger partial charge in [0.05, 0.1) is 13.2 Å². The molecular weight excluding hydrogens is 218 g/mol. The smallest absolute Gasteiger partial charge is 0.218 e. The number of nitrogens with zero attached hydrogens (tertiary/aromatic N) is 3. The minimum atomic E-state index is 0.149. The first-order valence-corrected chi connectivity index (χ1v) is 6.23. The Kier molecular flexibility index (Phi) is 3.09. The van der Waals surface area contributed by atoms with Gasteiger partial charge in [0, 0.05) is 25.6 Å². The van der Waals surface area contributed by atoms with Gasteiger partial charge in [0.25, 0.3) is 0 Å². The van der Waals surface area contributed by atoms with Crippen molar-refractivity contribution in [2.24, 2.45) is 0 Å². The Bertz CT molecular complexity index is 374. The van der Waals surface area contributed by atoms with Crippen LogP contribution in [-0.2, 0) is 4.74 Å². The maximum Gasteiger partial charge on any atom is 0.218 e. The first kappa shape index (κ1) is 10.8. The lowest BCUT2D eigenvalue weighted by atomic mass is 10.3. The lowest BCUT2D eigenvalue weighted by Gasteiger charge is -2.17. The fourth-order valence-corrected chi connectivity index (χ4v) is 2.29. The van der Waals surface area contributed by atoms with Crippen molar-refractivity contribution >= 4 is 5.82 Å². The maximum absolute atomic E-state index is 5.77. The minimum absolute atomic E-state index is 0.149. The van der Waals surface area contributed by atoms with Gasteiger partial charge in [-0.2, -0.15) is 0 Å². The lowest BCUT2D eigenvalue weighted by Crippen LogP contribution is -2.20. The average Bonchev–Trinajstić information content (AvgIpc) is 3.01. The minimum Gasteiger partial charge on any atom is -0.472 e. The summed E-state index contributed by atoms with van der Waals surface area (Å²) in [6.45, 7) is 3.63. The summed E-state index contributed by atoms with van der Waals surface area (Å²) in [6.07, 6.45) is 5.17. The highest BCUT2D eigenvalue weighted by Crippen LogP contribution is 2.21. The van der Waals surface area contributed by atoms with Crippen molar-refractivity contribution in [3.8, 4) is 5.88 Å². The lowest BCUT2D eigenvalue weighted by molar-refractivity contribution is 0.138. The zero-order chi connectivity index (χ0) is 11.5. The summed E-state index contributed by atoms with van der Waals surface area (Å²) >= 11 is 0. The second-order valence-corrected chi connectivity index (χ2v) is 4.51. The van der Waals surface area contributed by atoms with E-state index in [1.54, 1.807) is 6.33 Å². The third kappa shape index (κ3) is 2.49. The monoisotopic (exact) mass is 235 g/mol. The quantitative estimate of drug-likeness (QED) is 0.789. The molecule has 0 spiro atoms. The summed E-state index contributed by atoms with van der Waals surface area (Å²) in [6, 6.07) is 1.93. The molecule has 0 aromatic carbocycles. The molecule has 2 aliphatic heterocycles. The molecule has 1 aromatic heterocycles. The number of anilines is 1. The number of hydrogen-bond donors (Lipinski definition) is 0. The van der Waals surface area contributed by atoms with Crippen LogP contribution in [0.4, 0.5) is 5.82 Å². The van der Waals surface area contributed by atoms with E-state index in [0.717, 1.165) is 31.9 Å². The summed E-state index contributed by atoms with van der Waals surface area (Å²) in [4.78, 5) is 10.7. The van der Waals surface area contributed by atoms with Crippen LogP contribution in [-0.4, -0.2) is 42.4 Å². The zero-order valence-electron chi connectivity index (χ0n) is 9.84. The fourth-order valence-electron chi connectivity index (χ4n) is 2.29. The van der Waals surface area contributed by atoms with Crippen LogP contribution in [0, 0.1) is 0 Å². The van der Waals surface area contributed by atoms with Crippen LogP contribution in [0.1, 0.15) is 19.3 Å². The van der Waals surface area contributed by atoms with Crippen molar-refractivity contribution in [1.82, 2.24) is 9.97 Å². The third-order valence-electron chi connectivity index (χ3n) is 3.23. The molecule has 0 radical (unpaired) electrons. The van der Waals surface area contributed by atoms with Crippen molar-refractivity contribution in [3.63, 3.8) is 0 Å². The number of aromatic nitrogens is 2. The van der Waals surface area contributed by atoms with Crippen molar-refractivity contribution in [1.29, 1.82) is 0 Å². The van der Waals surface area contributed by atoms with Gasteiger partial charge in [0.1, 0.15) is 18.2 Å². The van der Waals surface area contributed by atoms with Gasteiger partial charge in [0.15, 0.2) is 0 Å². The van der Waals surface area contributed by atoms with E-state index < -0.39 is 0 Å². The SMILES string of the molecule is c1nc(OC2CCOC2)cc(N2CCCC2)n1. The van der Waals surface area contributed by atoms with Crippen LogP contribution in [0.15, 0.2) is 12.4 Å². The van der Waals surface area contributed by atoms with Crippen LogP contribution in [0.25, 0.3) is 0 Å². The molecule has 1 atom stereocenters. The normalized spacial score (nSPS) is 24.2. The van der Waals surface area contributed by atoms with E-state index in [0.29, 0.717) is 12.5 Å². The summed E-state index contributed by atoms with van der Waals surface area (Å²) in [7, 11) is 0. The summed E-state index contributed by atoms with van der Waals surface area (Å²) in [5, 5.41) is 0. The molecule has 0 aliphatic carbocycles. The van der Waals surface area contributed by atoms with Gasteiger partial charge in [-0.25, -0.2) is 9.97 Å². The summed E-state index contributed by atoms with van der Waals surface area (Å²) < 4.78 is 11.1. The van der Waals surface area contributed by atoms with Gasteiger partial charge in [0.2, 0.25) is 5.88 Å². The Morgan fingerprint density at radius 1 is 1.29 bits per heavy atom. The molecule has 17 heavy (non-hydrogen) atoms. The Morgan fingerprint density at radius 3 is 2.94 bits per heavy atom. The summed E-state index contributed by atoms with van der Waals surface area (Å²) in [5.41, 5.74) is 0. The van der Waals surface area contributed by atoms with Crippen molar-refractivity contribution in [2.75, 3.05) is 31.2 Å². The van der Waals surface area contributed by atoms with E-state index in [1.165, 1.54) is 12.8 Å². The van der Waals surface area contributed by atoms with Gasteiger partial charge in [-0.3, -0.25) is 0 Å². The predicted molar refractivity (Wildman–Crippen MR) is 63.3 cm³/mol. The highest BCUT2D eigenvalue weighted by molar-refractivity contribution is 5.41. The van der Waals surface area contributed by atoms with E-state index in [4.69, 9.17) is 9.47 Å². The molecule has 0 bridgehead atoms. The Labute approximate surface area is 101 Å². The van der Waals surface area contributed by atoms with Crippen LogP contribution < -0.4 is 9.64 Å². The number of ether oxygens (including phenoxy) is 2. The predicted octanol–water partition coefficient (Wildman–Crippen LogP) is 1.24. The number of hydrogen-bond acceptors (Lipinski definition) is 5. The molecular formula is C12H17N3O2. The highest BCUT2D eigenvalue weighted by atomic mass is 16.5. The topological polar surface area (TPSA) is 47.5 Å². The van der Waals surface area contributed by atoms with Crippen LogP contribution in [0.2, 0.25) is 0 Å². The third-order valence-corrected chi connectivity index (χ3v) is 3.23. The van der Waals surface area contributed by atoms with Crippen molar-refractivity contribution in [2.45, 2.75) is 25.4 Å². The molecule has 2 saturated heterocycles. The van der Waals surface area contributed by atoms with Gasteiger partial charge in [-0.05, 0) is 12.8 Å². The molecule has 3 rings (SSSR count). The maximum atomic E-state index is 5.77. The number of rotatable bonds is 3. The van der Waals surface area contributed by atoms with Crippen LogP contribution in [0.3, 0.4) is 0 Å². The van der Waals surface area contributed by atoms with Crippen LogP contribution in [0.5, 0.6) is 5.88 Å². The molecule has 0 amide bonds. The molecule has 92 valence electrons. The molecule has 5 heteroatoms. The average molecular weight is 235 g/mol. The second kappa shape index (κ2) is 4.87. The molecule has 1 aromatic rings. The van der Waals surface area contributed by atoms with Crippen molar-refractivity contribution in [3.05, 3.63) is 12.4 Å². The molecule has 0 saturated carbocycles. The zero-order valence-corrected chi connectivity index (χ0v) is 9.84. The molecule has 5 nitrogen and oxygen atoms in total. The van der Waals surface area contributed by atoms with E-state index in [9.17, 15) is 0 Å². The van der Waals surface area contributed by atoms with Gasteiger partial charge >= 0.3 is 0 Å². The second-order valence-electron chi connectivity index (χ2n) is 4.51. The Morgan fingerprint density at radius 2 is 2.18 bits per heavy atom. The van der Waals surface area contributed by atoms with Gasteiger partial charge in [-0.1, -0.05) is 0 Å². The molecule has 2 fully saturated rings. The molecule has 3 heterocycles. The first-order chi connectivity index (χ1) is 8.42. The van der Waals surface area contributed by atoms with Crippen molar-refractivity contribution < 1.29 is 9.47 Å². The molecule has 0 N–H and O–H groups in total. The fraction of sp³-hybridized carbons (Fsp3) is 0.667. The molecule has 1 unspecified atom stereocenters. The summed E-state index contributed by atoms with van der Waals surface area (Å²) in [5.74, 6) is 1.64. The van der Waals surface area contributed by atoms with E-state index in [1.807, 2.05) is 6.07 Å². The van der Waals surface area contributed by atoms with Crippen LogP contribution >= 0.6 is 0 Å². The van der Waals surface area contributed by atoms with Gasteiger partial charge in [-0.15, -0.1) is 0 Å². The largest absolute Gasteiger partial charge is 0.472 e. The van der Waals surface area contributed by atoms with E-state index in [-0.39, 0.29) is 6.10 Å². The van der Waals surface area contributed by atoms with Gasteiger partial charge < -0.3 is 14.4 Å². The van der Waals surface area contributed by atoms with E-state index >= 15 is 0 Å². The molecule has 2 aliphatic rings. The van der Waals surface area contributed by atoms with E-state index in [2.05, 4.69) is 14.9 Å². The highest BCUT2D eigenvalue weighted by Gasteiger charge is 2.19. The first-order valence-electron chi connectivity index (χ1n) is 6.23. The standard InChI is InChI=1S/C12H17N3O2/c1-2-5-15(4-1)11-7-12(14-9-13-11)17-10-3-6-16-8-10/h7,9-10H,1-6,8H2. The Hall–Kier alpha value is -1.36. The Balaban J connectivity index is 1.69.